The Kier molecular flexibility index (Phi) is 7.34. The molecule has 0 aromatic heterocycles. The van der Waals surface area contributed by atoms with Crippen molar-refractivity contribution in [2.24, 2.45) is 0 Å². The molecule has 0 aliphatic heterocycles. The molecule has 0 saturated heterocycles. The lowest BCUT2D eigenvalue weighted by atomic mass is 9.92. The summed E-state index contributed by atoms with van der Waals surface area (Å²) in [5, 5.41) is 6.26. The molecule has 0 radical (unpaired) electrons. The van der Waals surface area contributed by atoms with Crippen molar-refractivity contribution in [3.63, 3.8) is 0 Å². The highest BCUT2D eigenvalue weighted by atomic mass is 19.1. The van der Waals surface area contributed by atoms with E-state index in [-0.39, 0.29) is 18.3 Å². The normalized spacial score (nSPS) is 11.2. The average Bonchev–Trinajstić information content (AvgIpc) is 2.60. The van der Waals surface area contributed by atoms with Crippen LogP contribution in [0.4, 0.5) is 10.1 Å². The van der Waals surface area contributed by atoms with Gasteiger partial charge in [-0.2, -0.15) is 0 Å². The highest BCUT2D eigenvalue weighted by Crippen LogP contribution is 2.32. The van der Waals surface area contributed by atoms with Gasteiger partial charge in [0, 0.05) is 5.69 Å². The van der Waals surface area contributed by atoms with E-state index in [1.807, 2.05) is 0 Å². The van der Waals surface area contributed by atoms with Crippen LogP contribution in [-0.4, -0.2) is 19.0 Å². The third-order valence-corrected chi connectivity index (χ3v) is 4.43. The number of nitrogens with one attached hydrogen (secondary N) is 2. The van der Waals surface area contributed by atoms with Crippen molar-refractivity contribution >= 4 is 11.6 Å². The molecule has 26 heavy (non-hydrogen) atoms. The molecule has 2 rings (SSSR count). The third-order valence-electron chi connectivity index (χ3n) is 4.43. The van der Waals surface area contributed by atoms with Gasteiger partial charge in [-0.3, -0.25) is 4.79 Å². The Labute approximate surface area is 156 Å². The first-order valence-electron chi connectivity index (χ1n) is 9.26. The summed E-state index contributed by atoms with van der Waals surface area (Å²) < 4.78 is 12.9. The van der Waals surface area contributed by atoms with E-state index < -0.39 is 0 Å². The minimum Gasteiger partial charge on any atom is -0.324 e. The number of carbonyl (C=O) groups is 1. The first-order valence-corrected chi connectivity index (χ1v) is 9.26. The van der Waals surface area contributed by atoms with E-state index in [0.717, 1.165) is 28.8 Å². The zero-order chi connectivity index (χ0) is 19.1. The fourth-order valence-corrected chi connectivity index (χ4v) is 2.96. The number of amides is 1. The van der Waals surface area contributed by atoms with Crippen LogP contribution >= 0.6 is 0 Å². The van der Waals surface area contributed by atoms with E-state index in [9.17, 15) is 9.18 Å². The second-order valence-corrected chi connectivity index (χ2v) is 7.22. The van der Waals surface area contributed by atoms with Crippen LogP contribution in [0.3, 0.4) is 0 Å². The zero-order valence-electron chi connectivity index (χ0n) is 16.1. The van der Waals surface area contributed by atoms with Crippen LogP contribution in [0.1, 0.15) is 56.2 Å². The van der Waals surface area contributed by atoms with Crippen LogP contribution in [0.25, 0.3) is 0 Å². The van der Waals surface area contributed by atoms with Gasteiger partial charge in [-0.25, -0.2) is 4.39 Å². The van der Waals surface area contributed by atoms with Gasteiger partial charge in [-0.05, 0) is 53.6 Å². The van der Waals surface area contributed by atoms with Gasteiger partial charge in [0.2, 0.25) is 5.91 Å². The second kappa shape index (κ2) is 9.48. The summed E-state index contributed by atoms with van der Waals surface area (Å²) in [5.41, 5.74) is 4.32. The monoisotopic (exact) mass is 356 g/mol. The van der Waals surface area contributed by atoms with Crippen LogP contribution in [0.2, 0.25) is 0 Å². The van der Waals surface area contributed by atoms with Gasteiger partial charge in [0.15, 0.2) is 0 Å². The molecule has 2 aromatic rings. The first-order chi connectivity index (χ1) is 12.4. The van der Waals surface area contributed by atoms with Crippen molar-refractivity contribution in [1.82, 2.24) is 5.32 Å². The van der Waals surface area contributed by atoms with Crippen molar-refractivity contribution in [2.75, 3.05) is 18.4 Å². The molecule has 3 nitrogen and oxygen atoms in total. The van der Waals surface area contributed by atoms with E-state index in [4.69, 9.17) is 0 Å². The summed E-state index contributed by atoms with van der Waals surface area (Å²) in [6, 6.07) is 12.7. The molecule has 0 aliphatic carbocycles. The summed E-state index contributed by atoms with van der Waals surface area (Å²) in [7, 11) is 0. The van der Waals surface area contributed by atoms with Gasteiger partial charge in [0.05, 0.1) is 6.54 Å². The van der Waals surface area contributed by atoms with Gasteiger partial charge < -0.3 is 10.6 Å². The molecular formula is C22H29FN2O. The smallest absolute Gasteiger partial charge is 0.238 e. The van der Waals surface area contributed by atoms with Gasteiger partial charge in [-0.1, -0.05) is 58.0 Å². The Balaban J connectivity index is 1.92. The Morgan fingerprint density at radius 1 is 0.962 bits per heavy atom. The minimum atomic E-state index is -0.231. The summed E-state index contributed by atoms with van der Waals surface area (Å²) >= 11 is 0. The quantitative estimate of drug-likeness (QED) is 0.664. The number of para-hydroxylation sites is 1. The molecule has 2 N–H and O–H groups in total. The summed E-state index contributed by atoms with van der Waals surface area (Å²) in [6.45, 7) is 9.46. The van der Waals surface area contributed by atoms with Crippen LogP contribution in [-0.2, 0) is 11.2 Å². The highest BCUT2D eigenvalue weighted by Gasteiger charge is 2.15. The van der Waals surface area contributed by atoms with Gasteiger partial charge in [-0.15, -0.1) is 0 Å². The summed E-state index contributed by atoms with van der Waals surface area (Å²) in [4.78, 5) is 12.4. The van der Waals surface area contributed by atoms with Crippen molar-refractivity contribution < 1.29 is 9.18 Å². The molecule has 0 fully saturated rings. The zero-order valence-corrected chi connectivity index (χ0v) is 16.1. The van der Waals surface area contributed by atoms with E-state index in [0.29, 0.717) is 18.4 Å². The van der Waals surface area contributed by atoms with Crippen molar-refractivity contribution in [3.8, 4) is 0 Å². The largest absolute Gasteiger partial charge is 0.324 e. The molecule has 0 bridgehead atoms. The van der Waals surface area contributed by atoms with Gasteiger partial charge in [0.25, 0.3) is 0 Å². The predicted octanol–water partition coefficient (Wildman–Crippen LogP) is 4.84. The van der Waals surface area contributed by atoms with Gasteiger partial charge in [0.1, 0.15) is 5.82 Å². The van der Waals surface area contributed by atoms with Crippen molar-refractivity contribution in [3.05, 3.63) is 65.0 Å². The molecule has 140 valence electrons. The summed E-state index contributed by atoms with van der Waals surface area (Å²) in [6.07, 6.45) is 0.757. The Morgan fingerprint density at radius 2 is 1.54 bits per heavy atom. The number of halogens is 1. The maximum absolute atomic E-state index is 12.9. The Hall–Kier alpha value is -2.20. The first kappa shape index (κ1) is 20.1. The molecule has 0 spiro atoms. The fourth-order valence-electron chi connectivity index (χ4n) is 2.96. The molecule has 0 saturated carbocycles. The van der Waals surface area contributed by atoms with E-state index >= 15 is 0 Å². The topological polar surface area (TPSA) is 41.1 Å². The highest BCUT2D eigenvalue weighted by molar-refractivity contribution is 5.94. The molecule has 0 aliphatic rings. The Bertz CT molecular complexity index is 697. The lowest BCUT2D eigenvalue weighted by Gasteiger charge is -2.20. The van der Waals surface area contributed by atoms with E-state index in [2.05, 4.69) is 56.5 Å². The molecule has 4 heteroatoms. The van der Waals surface area contributed by atoms with E-state index in [1.54, 1.807) is 12.1 Å². The molecule has 2 aromatic carbocycles. The number of hydrogen-bond donors (Lipinski definition) is 2. The number of anilines is 1. The lowest BCUT2D eigenvalue weighted by Crippen LogP contribution is -2.30. The van der Waals surface area contributed by atoms with E-state index in [1.165, 1.54) is 12.1 Å². The number of rotatable bonds is 8. The maximum Gasteiger partial charge on any atom is 0.238 e. The average molecular weight is 356 g/mol. The van der Waals surface area contributed by atoms with Gasteiger partial charge >= 0.3 is 0 Å². The minimum absolute atomic E-state index is 0.0425. The maximum atomic E-state index is 12.9. The summed E-state index contributed by atoms with van der Waals surface area (Å²) in [5.74, 6) is 0.413. The number of carbonyl (C=O) groups excluding carboxylic acids is 1. The van der Waals surface area contributed by atoms with Crippen LogP contribution in [0.15, 0.2) is 42.5 Å². The number of benzene rings is 2. The number of hydrogen-bond acceptors (Lipinski definition) is 2. The van der Waals surface area contributed by atoms with Crippen molar-refractivity contribution in [1.29, 1.82) is 0 Å². The standard InChI is InChI=1S/C22H29FN2O/c1-15(2)19-6-5-7-20(16(3)4)22(19)25-21(26)14-24-13-12-17-8-10-18(23)11-9-17/h5-11,15-16,24H,12-14H2,1-4H3,(H,25,26). The van der Waals surface area contributed by atoms with Crippen LogP contribution in [0, 0.1) is 5.82 Å². The Morgan fingerprint density at radius 3 is 2.08 bits per heavy atom. The molecule has 1 amide bonds. The SMILES string of the molecule is CC(C)c1cccc(C(C)C)c1NC(=O)CNCCc1ccc(F)cc1. The molecule has 0 atom stereocenters. The second-order valence-electron chi connectivity index (χ2n) is 7.22. The lowest BCUT2D eigenvalue weighted by molar-refractivity contribution is -0.115. The van der Waals surface area contributed by atoms with Crippen molar-refractivity contribution in [2.45, 2.75) is 46.0 Å². The molecule has 0 heterocycles. The third kappa shape index (κ3) is 5.67. The molecular weight excluding hydrogens is 327 g/mol. The molecule has 0 unspecified atom stereocenters. The van der Waals surface area contributed by atoms with Crippen LogP contribution < -0.4 is 10.6 Å². The fraction of sp³-hybridized carbons (Fsp3) is 0.409. The van der Waals surface area contributed by atoms with Crippen LogP contribution in [0.5, 0.6) is 0 Å². The predicted molar refractivity (Wildman–Crippen MR) is 106 cm³/mol.